The number of thiazole rings is 1. The molecule has 24 heavy (non-hydrogen) atoms. The van der Waals surface area contributed by atoms with Gasteiger partial charge in [0.15, 0.2) is 0 Å². The molecule has 2 N–H and O–H groups in total. The highest BCUT2D eigenvalue weighted by molar-refractivity contribution is 7.13. The molecule has 3 rings (SSSR count). The Morgan fingerprint density at radius 1 is 1.33 bits per heavy atom. The first kappa shape index (κ1) is 17.4. The number of hydrogen-bond donors (Lipinski definition) is 2. The van der Waals surface area contributed by atoms with E-state index >= 15 is 0 Å². The number of rotatable bonds is 6. The minimum Gasteiger partial charge on any atom is -0.481 e. The van der Waals surface area contributed by atoms with Crippen molar-refractivity contribution < 1.29 is 14.6 Å². The van der Waals surface area contributed by atoms with Gasteiger partial charge in [-0.2, -0.15) is 0 Å². The number of nitrogens with one attached hydrogen (secondary N) is 1. The van der Waals surface area contributed by atoms with Gasteiger partial charge in [0.2, 0.25) is 0 Å². The number of carboxylic acids is 1. The molecule has 2 aromatic rings. The van der Waals surface area contributed by atoms with Gasteiger partial charge in [-0.1, -0.05) is 23.7 Å². The van der Waals surface area contributed by atoms with Crippen LogP contribution in [0.4, 0.5) is 0 Å². The molecule has 0 bridgehead atoms. The molecule has 0 spiro atoms. The molecule has 0 radical (unpaired) electrons. The zero-order chi connectivity index (χ0) is 17.0. The van der Waals surface area contributed by atoms with E-state index in [0.717, 1.165) is 16.3 Å². The van der Waals surface area contributed by atoms with Crippen LogP contribution in [0.15, 0.2) is 29.6 Å². The summed E-state index contributed by atoms with van der Waals surface area (Å²) in [6, 6.07) is 7.59. The molecule has 0 unspecified atom stereocenters. The minimum atomic E-state index is -0.787. The lowest BCUT2D eigenvalue weighted by molar-refractivity contribution is -0.139. The van der Waals surface area contributed by atoms with E-state index in [0.29, 0.717) is 37.6 Å². The maximum atomic E-state index is 11.2. The predicted molar refractivity (Wildman–Crippen MR) is 94.4 cm³/mol. The van der Waals surface area contributed by atoms with Crippen LogP contribution < -0.4 is 5.32 Å². The fourth-order valence-corrected chi connectivity index (χ4v) is 3.81. The summed E-state index contributed by atoms with van der Waals surface area (Å²) in [5.74, 6) is -0.787. The highest BCUT2D eigenvalue weighted by Crippen LogP contribution is 2.27. The molecule has 1 saturated heterocycles. The number of carboxylic acid groups (broad SMARTS) is 1. The molecule has 0 amide bonds. The maximum absolute atomic E-state index is 11.2. The summed E-state index contributed by atoms with van der Waals surface area (Å²) in [7, 11) is 0. The van der Waals surface area contributed by atoms with Crippen molar-refractivity contribution in [3.8, 4) is 10.6 Å². The Kier molecular flexibility index (Phi) is 5.50. The van der Waals surface area contributed by atoms with Crippen LogP contribution in [-0.2, 0) is 16.1 Å². The van der Waals surface area contributed by atoms with E-state index < -0.39 is 11.5 Å². The molecular weight excluding hydrogens is 348 g/mol. The van der Waals surface area contributed by atoms with Crippen LogP contribution in [0.25, 0.3) is 10.6 Å². The lowest BCUT2D eigenvalue weighted by Crippen LogP contribution is -2.50. The third-order valence-corrected chi connectivity index (χ3v) is 5.42. The summed E-state index contributed by atoms with van der Waals surface area (Å²) >= 11 is 7.48. The number of hydrogen-bond acceptors (Lipinski definition) is 5. The second kappa shape index (κ2) is 7.61. The van der Waals surface area contributed by atoms with E-state index in [4.69, 9.17) is 16.3 Å². The zero-order valence-corrected chi connectivity index (χ0v) is 14.7. The van der Waals surface area contributed by atoms with E-state index in [1.54, 1.807) is 11.3 Å². The highest BCUT2D eigenvalue weighted by Gasteiger charge is 2.34. The van der Waals surface area contributed by atoms with Crippen LogP contribution in [0.5, 0.6) is 0 Å². The SMILES string of the molecule is O=C(O)CC1(NCc2csc(-c3ccc(Cl)cc3)n2)CCOCC1. The molecule has 0 saturated carbocycles. The summed E-state index contributed by atoms with van der Waals surface area (Å²) < 4.78 is 5.37. The van der Waals surface area contributed by atoms with Gasteiger partial charge in [0.1, 0.15) is 5.01 Å². The monoisotopic (exact) mass is 366 g/mol. The van der Waals surface area contributed by atoms with Gasteiger partial charge < -0.3 is 15.2 Å². The molecule has 1 aromatic carbocycles. The second-order valence-electron chi connectivity index (χ2n) is 5.97. The topological polar surface area (TPSA) is 71.5 Å². The van der Waals surface area contributed by atoms with Gasteiger partial charge in [-0.15, -0.1) is 11.3 Å². The second-order valence-corrected chi connectivity index (χ2v) is 7.26. The average Bonchev–Trinajstić information content (AvgIpc) is 3.03. The van der Waals surface area contributed by atoms with E-state index in [1.165, 1.54) is 0 Å². The Morgan fingerprint density at radius 2 is 2.04 bits per heavy atom. The van der Waals surface area contributed by atoms with Crippen LogP contribution in [0.3, 0.4) is 0 Å². The van der Waals surface area contributed by atoms with Crippen molar-refractivity contribution in [2.75, 3.05) is 13.2 Å². The number of aliphatic carboxylic acids is 1. The van der Waals surface area contributed by atoms with Crippen molar-refractivity contribution in [1.82, 2.24) is 10.3 Å². The van der Waals surface area contributed by atoms with Crippen molar-refractivity contribution in [3.63, 3.8) is 0 Å². The molecule has 0 aliphatic carbocycles. The smallest absolute Gasteiger partial charge is 0.305 e. The number of halogens is 1. The first-order chi connectivity index (χ1) is 11.6. The quantitative estimate of drug-likeness (QED) is 0.817. The van der Waals surface area contributed by atoms with Gasteiger partial charge in [0.25, 0.3) is 0 Å². The zero-order valence-electron chi connectivity index (χ0n) is 13.1. The molecule has 5 nitrogen and oxygen atoms in total. The van der Waals surface area contributed by atoms with Crippen molar-refractivity contribution in [2.24, 2.45) is 0 Å². The Hall–Kier alpha value is -1.47. The fraction of sp³-hybridized carbons (Fsp3) is 0.412. The van der Waals surface area contributed by atoms with Crippen molar-refractivity contribution in [2.45, 2.75) is 31.3 Å². The average molecular weight is 367 g/mol. The maximum Gasteiger partial charge on any atom is 0.305 e. The van der Waals surface area contributed by atoms with Crippen LogP contribution in [0, 0.1) is 0 Å². The van der Waals surface area contributed by atoms with Crippen LogP contribution in [0.2, 0.25) is 5.02 Å². The number of carbonyl (C=O) groups is 1. The van der Waals surface area contributed by atoms with E-state index in [2.05, 4.69) is 10.3 Å². The molecule has 1 aromatic heterocycles. The molecule has 1 aliphatic rings. The van der Waals surface area contributed by atoms with Gasteiger partial charge in [-0.25, -0.2) is 4.98 Å². The molecule has 128 valence electrons. The predicted octanol–water partition coefficient (Wildman–Crippen LogP) is 3.58. The molecule has 1 aliphatic heterocycles. The van der Waals surface area contributed by atoms with Crippen LogP contribution in [-0.4, -0.2) is 34.8 Å². The van der Waals surface area contributed by atoms with Gasteiger partial charge >= 0.3 is 5.97 Å². The summed E-state index contributed by atoms with van der Waals surface area (Å²) in [6.45, 7) is 1.73. The Bertz CT molecular complexity index is 696. The molecular formula is C17H19ClN2O3S. The Morgan fingerprint density at radius 3 is 2.71 bits per heavy atom. The van der Waals surface area contributed by atoms with Gasteiger partial charge in [0.05, 0.1) is 12.1 Å². The lowest BCUT2D eigenvalue weighted by atomic mass is 9.86. The normalized spacial score (nSPS) is 16.9. The number of ether oxygens (including phenoxy) is 1. The number of benzene rings is 1. The van der Waals surface area contributed by atoms with Gasteiger partial charge in [0, 0.05) is 41.3 Å². The van der Waals surface area contributed by atoms with E-state index in [1.807, 2.05) is 29.6 Å². The molecule has 1 fully saturated rings. The highest BCUT2D eigenvalue weighted by atomic mass is 35.5. The Labute approximate surface area is 149 Å². The molecule has 7 heteroatoms. The molecule has 2 heterocycles. The lowest BCUT2D eigenvalue weighted by Gasteiger charge is -2.36. The third-order valence-electron chi connectivity index (χ3n) is 4.23. The summed E-state index contributed by atoms with van der Waals surface area (Å²) in [6.07, 6.45) is 1.51. The first-order valence-corrected chi connectivity index (χ1v) is 9.07. The van der Waals surface area contributed by atoms with E-state index in [-0.39, 0.29) is 6.42 Å². The summed E-state index contributed by atoms with van der Waals surface area (Å²) in [4.78, 5) is 15.8. The van der Waals surface area contributed by atoms with Gasteiger partial charge in [-0.3, -0.25) is 4.79 Å². The summed E-state index contributed by atoms with van der Waals surface area (Å²) in [5, 5.41) is 16.3. The van der Waals surface area contributed by atoms with Crippen LogP contribution >= 0.6 is 22.9 Å². The number of aromatic nitrogens is 1. The largest absolute Gasteiger partial charge is 0.481 e. The van der Waals surface area contributed by atoms with Gasteiger partial charge in [-0.05, 0) is 25.0 Å². The Balaban J connectivity index is 1.67. The van der Waals surface area contributed by atoms with E-state index in [9.17, 15) is 9.90 Å². The molecule has 0 atom stereocenters. The van der Waals surface area contributed by atoms with Crippen molar-refractivity contribution in [3.05, 3.63) is 40.4 Å². The van der Waals surface area contributed by atoms with Crippen molar-refractivity contribution >= 4 is 28.9 Å². The van der Waals surface area contributed by atoms with Crippen molar-refractivity contribution in [1.29, 1.82) is 0 Å². The minimum absolute atomic E-state index is 0.102. The van der Waals surface area contributed by atoms with Crippen LogP contribution in [0.1, 0.15) is 25.0 Å². The third kappa shape index (κ3) is 4.33. The summed E-state index contributed by atoms with van der Waals surface area (Å²) in [5.41, 5.74) is 1.54. The fourth-order valence-electron chi connectivity index (χ4n) is 2.86. The standard InChI is InChI=1S/C17H19ClN2O3S/c18-13-3-1-12(2-4-13)16-20-14(11-24-16)10-19-17(9-15(21)22)5-7-23-8-6-17/h1-4,11,19H,5-10H2,(H,21,22). The first-order valence-electron chi connectivity index (χ1n) is 7.81. The number of nitrogens with zero attached hydrogens (tertiary/aromatic N) is 1.